The van der Waals surface area contributed by atoms with Gasteiger partial charge in [-0.05, 0) is 65.8 Å². The number of carbonyl (C=O) groups excluding carboxylic acids is 1. The van der Waals surface area contributed by atoms with Gasteiger partial charge in [-0.3, -0.25) is 4.79 Å². The van der Waals surface area contributed by atoms with Crippen LogP contribution in [-0.2, 0) is 47.4 Å². The lowest BCUT2D eigenvalue weighted by molar-refractivity contribution is -0.307. The summed E-state index contributed by atoms with van der Waals surface area (Å²) in [5.74, 6) is -3.92. The number of cyclic esters (lactones) is 1. The number of aliphatic hydroxyl groups excluding tert-OH is 5. The highest BCUT2D eigenvalue weighted by Gasteiger charge is 2.49. The molecule has 2 fully saturated rings. The molecular formula is C41H74N2O17. The van der Waals surface area contributed by atoms with Crippen molar-refractivity contribution in [2.75, 3.05) is 49.1 Å². The average Bonchev–Trinajstić information content (AvgIpc) is 3.20. The number of hydrogen-bond acceptors (Lipinski definition) is 19. The normalized spacial score (nSPS) is 44.3. The molecule has 0 saturated carbocycles. The van der Waals surface area contributed by atoms with Crippen LogP contribution in [0.4, 0.5) is 0 Å². The fourth-order valence-electron chi connectivity index (χ4n) is 8.63. The Morgan fingerprint density at radius 3 is 2.05 bits per heavy atom. The molecule has 0 radical (unpaired) electrons. The molecule has 0 bridgehead atoms. The maximum atomic E-state index is 13.8. The molecule has 19 atom stereocenters. The molecule has 19 heteroatoms. The van der Waals surface area contributed by atoms with Gasteiger partial charge in [0.2, 0.25) is 0 Å². The monoisotopic (exact) mass is 866 g/mol. The number of rotatable bonds is 13. The Morgan fingerprint density at radius 2 is 1.50 bits per heavy atom. The number of hydrogen-bond donors (Lipinski definition) is 7. The molecule has 3 rings (SSSR count). The first kappa shape index (κ1) is 52.4. The van der Waals surface area contributed by atoms with Crippen molar-refractivity contribution in [3.8, 4) is 0 Å². The lowest BCUT2D eigenvalue weighted by Crippen LogP contribution is -2.63. The Morgan fingerprint density at radius 1 is 0.900 bits per heavy atom. The minimum atomic E-state index is -2.03. The second-order valence-electron chi connectivity index (χ2n) is 17.0. The standard InChI is InChI=1S/C41H74N2O17/c1-13-28-25(19-56-40-37(55-12)36(54-11)33(47)23(5)58-40)38(49)41(6,50)15-14-26(42-51)20(2)16-24(17-30(52-9)53-10)35(21(3)27(44)18-29(45)59-28)60-39-34(48)31(43(7)8)32(46)22(4)57-39/h14-15,20-25,27-28,30-40,44,46-51H,13,16-19H2,1-12H3/b15-14+,42-26-/t20-,21+,22-,23-,24-,25-,27-,28-,31-,32-,33-,34-,35-,36-,37-,38-,39+,40-,41-/m1/s1. The lowest BCUT2D eigenvalue weighted by atomic mass is 9.78. The molecule has 7 N–H and O–H groups in total. The van der Waals surface area contributed by atoms with Crippen molar-refractivity contribution in [2.45, 2.75) is 165 Å². The molecule has 0 aromatic heterocycles. The van der Waals surface area contributed by atoms with Gasteiger partial charge in [-0.25, -0.2) is 0 Å². The van der Waals surface area contributed by atoms with Crippen molar-refractivity contribution in [1.82, 2.24) is 4.90 Å². The van der Waals surface area contributed by atoms with Gasteiger partial charge in [0.15, 0.2) is 18.9 Å². The molecule has 0 aromatic carbocycles. The van der Waals surface area contributed by atoms with Crippen LogP contribution in [0.1, 0.15) is 67.2 Å². The quantitative estimate of drug-likeness (QED) is 0.0573. The maximum Gasteiger partial charge on any atom is 0.308 e. The van der Waals surface area contributed by atoms with Crippen LogP contribution in [0, 0.1) is 23.7 Å². The number of likely N-dealkylation sites (N-methyl/N-ethyl adjacent to an activating group) is 1. The molecule has 2 saturated heterocycles. The Hall–Kier alpha value is -1.92. The van der Waals surface area contributed by atoms with E-state index in [0.29, 0.717) is 0 Å². The molecule has 60 heavy (non-hydrogen) atoms. The average molecular weight is 867 g/mol. The van der Waals surface area contributed by atoms with Crippen molar-refractivity contribution >= 4 is 11.7 Å². The molecule has 3 heterocycles. The van der Waals surface area contributed by atoms with Crippen molar-refractivity contribution in [3.05, 3.63) is 12.2 Å². The van der Waals surface area contributed by atoms with E-state index < -0.39 is 134 Å². The van der Waals surface area contributed by atoms with Crippen LogP contribution < -0.4 is 0 Å². The van der Waals surface area contributed by atoms with Gasteiger partial charge >= 0.3 is 5.97 Å². The van der Waals surface area contributed by atoms with Crippen molar-refractivity contribution in [1.29, 1.82) is 0 Å². The largest absolute Gasteiger partial charge is 0.462 e. The third-order valence-corrected chi connectivity index (χ3v) is 12.5. The van der Waals surface area contributed by atoms with Crippen LogP contribution >= 0.6 is 0 Å². The van der Waals surface area contributed by atoms with E-state index in [-0.39, 0.29) is 31.6 Å². The summed E-state index contributed by atoms with van der Waals surface area (Å²) in [4.78, 5) is 15.5. The summed E-state index contributed by atoms with van der Waals surface area (Å²) in [6, 6.07) is -0.769. The van der Waals surface area contributed by atoms with E-state index in [1.165, 1.54) is 47.5 Å². The van der Waals surface area contributed by atoms with Crippen molar-refractivity contribution in [2.24, 2.45) is 28.8 Å². The number of aliphatic hydroxyl groups is 6. The summed E-state index contributed by atoms with van der Waals surface area (Å²) in [6.07, 6.45) is -12.1. The first-order valence-electron chi connectivity index (χ1n) is 20.8. The third-order valence-electron chi connectivity index (χ3n) is 12.5. The van der Waals surface area contributed by atoms with Crippen LogP contribution in [-0.4, -0.2) is 199 Å². The molecule has 0 aliphatic carbocycles. The number of oxime groups is 1. The Labute approximate surface area is 354 Å². The number of ether oxygens (including phenoxy) is 9. The first-order valence-corrected chi connectivity index (χ1v) is 20.8. The molecule has 350 valence electrons. The van der Waals surface area contributed by atoms with Crippen molar-refractivity contribution in [3.63, 3.8) is 0 Å². The Kier molecular flexibility index (Phi) is 20.7. The Balaban J connectivity index is 2.10. The number of carbonyl (C=O) groups is 1. The maximum absolute atomic E-state index is 13.8. The summed E-state index contributed by atoms with van der Waals surface area (Å²) in [6.45, 7) is 9.50. The fourth-order valence-corrected chi connectivity index (χ4v) is 8.63. The van der Waals surface area contributed by atoms with Gasteiger partial charge < -0.3 is 83.4 Å². The summed E-state index contributed by atoms with van der Waals surface area (Å²) < 4.78 is 53.0. The van der Waals surface area contributed by atoms with E-state index in [2.05, 4.69) is 5.16 Å². The Bertz CT molecular complexity index is 1350. The molecular weight excluding hydrogens is 792 g/mol. The second-order valence-corrected chi connectivity index (χ2v) is 17.0. The minimum absolute atomic E-state index is 0.124. The third kappa shape index (κ3) is 12.8. The predicted octanol–water partition coefficient (Wildman–Crippen LogP) is 0.409. The molecule has 0 amide bonds. The smallest absolute Gasteiger partial charge is 0.308 e. The number of nitrogens with zero attached hydrogens (tertiary/aromatic N) is 2. The molecule has 0 unspecified atom stereocenters. The zero-order valence-corrected chi connectivity index (χ0v) is 37.3. The number of esters is 1. The molecule has 19 nitrogen and oxygen atoms in total. The van der Waals surface area contributed by atoms with Gasteiger partial charge in [-0.2, -0.15) is 0 Å². The van der Waals surface area contributed by atoms with E-state index >= 15 is 0 Å². The summed E-state index contributed by atoms with van der Waals surface area (Å²) in [7, 11) is 9.18. The highest BCUT2D eigenvalue weighted by Crippen LogP contribution is 2.37. The molecule has 3 aliphatic heterocycles. The molecule has 0 aromatic rings. The molecule has 3 aliphatic rings. The molecule has 0 spiro atoms. The van der Waals surface area contributed by atoms with Gasteiger partial charge in [-0.15, -0.1) is 0 Å². The van der Waals surface area contributed by atoms with Crippen molar-refractivity contribution < 1.29 is 83.3 Å². The van der Waals surface area contributed by atoms with Gasteiger partial charge in [-0.1, -0.05) is 25.9 Å². The van der Waals surface area contributed by atoms with Crippen LogP contribution in [0.25, 0.3) is 0 Å². The highest BCUT2D eigenvalue weighted by atomic mass is 16.7. The van der Waals surface area contributed by atoms with Crippen LogP contribution in [0.2, 0.25) is 0 Å². The van der Waals surface area contributed by atoms with E-state index in [4.69, 9.17) is 42.6 Å². The van der Waals surface area contributed by atoms with E-state index in [1.807, 2.05) is 0 Å². The predicted molar refractivity (Wildman–Crippen MR) is 215 cm³/mol. The summed E-state index contributed by atoms with van der Waals surface area (Å²) in [5, 5.41) is 82.5. The van der Waals surface area contributed by atoms with E-state index in [0.717, 1.165) is 0 Å². The van der Waals surface area contributed by atoms with Crippen LogP contribution in [0.3, 0.4) is 0 Å². The lowest BCUT2D eigenvalue weighted by Gasteiger charge is -2.47. The first-order chi connectivity index (χ1) is 28.2. The summed E-state index contributed by atoms with van der Waals surface area (Å²) >= 11 is 0. The zero-order valence-electron chi connectivity index (χ0n) is 37.3. The second kappa shape index (κ2) is 23.7. The minimum Gasteiger partial charge on any atom is -0.462 e. The van der Waals surface area contributed by atoms with Crippen LogP contribution in [0.15, 0.2) is 17.3 Å². The van der Waals surface area contributed by atoms with Gasteiger partial charge in [0.25, 0.3) is 0 Å². The van der Waals surface area contributed by atoms with Gasteiger partial charge in [0.05, 0.1) is 61.4 Å². The zero-order chi connectivity index (χ0) is 45.2. The SMILES string of the molecule is CC[C@H]1OC(=O)C[C@@H](O)[C@H](C)[C@@H](O[C@@H]2O[C@H](C)[C@@H](O)[C@@H](N(C)C)[C@H]2O)[C@@H](CC(OC)OC)C[C@@H](C)C(=N\O)/C=C/[C@@](C)(O)[C@H](O)[C@@H]1CO[C@@H]1O[C@H](C)[C@@H](O)[C@@H](OC)[C@H]1OC. The number of methoxy groups -OCH3 is 4. The topological polar surface area (TPSA) is 257 Å². The van der Waals surface area contributed by atoms with Crippen LogP contribution in [0.5, 0.6) is 0 Å². The van der Waals surface area contributed by atoms with Gasteiger partial charge in [0.1, 0.15) is 36.1 Å². The highest BCUT2D eigenvalue weighted by molar-refractivity contribution is 5.96. The van der Waals surface area contributed by atoms with E-state index in [1.54, 1.807) is 53.6 Å². The van der Waals surface area contributed by atoms with E-state index in [9.17, 15) is 40.6 Å². The summed E-state index contributed by atoms with van der Waals surface area (Å²) in [5.41, 5.74) is -1.90. The van der Waals surface area contributed by atoms with Gasteiger partial charge in [0, 0.05) is 52.6 Å². The number of allylic oxidation sites excluding steroid dienone is 1. The fraction of sp³-hybridized carbons (Fsp3) is 0.902.